The van der Waals surface area contributed by atoms with Crippen molar-refractivity contribution in [2.75, 3.05) is 25.1 Å². The van der Waals surface area contributed by atoms with Crippen molar-refractivity contribution in [3.05, 3.63) is 68.8 Å². The van der Waals surface area contributed by atoms with Crippen molar-refractivity contribution in [3.63, 3.8) is 0 Å². The molecule has 2 aromatic heterocycles. The van der Waals surface area contributed by atoms with Gasteiger partial charge in [-0.25, -0.2) is 0 Å². The van der Waals surface area contributed by atoms with E-state index in [-0.39, 0.29) is 17.6 Å². The van der Waals surface area contributed by atoms with Gasteiger partial charge in [-0.05, 0) is 43.7 Å². The molecule has 8 heteroatoms. The lowest BCUT2D eigenvalue weighted by molar-refractivity contribution is 0.158. The van der Waals surface area contributed by atoms with Gasteiger partial charge in [-0.15, -0.1) is 4.98 Å². The van der Waals surface area contributed by atoms with Gasteiger partial charge in [-0.2, -0.15) is 0 Å². The Morgan fingerprint density at radius 2 is 1.97 bits per heavy atom. The van der Waals surface area contributed by atoms with Gasteiger partial charge in [0, 0.05) is 49.9 Å². The molecule has 1 aromatic carbocycles. The summed E-state index contributed by atoms with van der Waals surface area (Å²) in [5.74, 6) is 1.07. The van der Waals surface area contributed by atoms with Gasteiger partial charge in [0.25, 0.3) is 11.4 Å². The van der Waals surface area contributed by atoms with Crippen LogP contribution in [0, 0.1) is 6.57 Å². The molecule has 1 saturated heterocycles. The highest BCUT2D eigenvalue weighted by Gasteiger charge is 2.32. The maximum atomic E-state index is 12.6. The Bertz CT molecular complexity index is 1270. The lowest BCUT2D eigenvalue weighted by Crippen LogP contribution is -2.56. The van der Waals surface area contributed by atoms with E-state index in [9.17, 15) is 4.79 Å². The van der Waals surface area contributed by atoms with Crippen LogP contribution in [0.5, 0.6) is 5.75 Å². The number of hydrogen-bond donors (Lipinski definition) is 0. The number of anilines is 1. The summed E-state index contributed by atoms with van der Waals surface area (Å²) in [6, 6.07) is 11.3. The molecule has 0 bridgehead atoms. The van der Waals surface area contributed by atoms with Crippen molar-refractivity contribution >= 4 is 34.1 Å². The third-order valence-electron chi connectivity index (χ3n) is 6.23. The molecule has 1 fully saturated rings. The van der Waals surface area contributed by atoms with Gasteiger partial charge in [0.05, 0.1) is 18.3 Å². The monoisotopic (exact) mass is 451 g/mol. The maximum Gasteiger partial charge on any atom is 0.270 e. The Labute approximate surface area is 192 Å². The van der Waals surface area contributed by atoms with E-state index in [4.69, 9.17) is 22.9 Å². The van der Waals surface area contributed by atoms with Crippen LogP contribution in [0.4, 0.5) is 11.5 Å². The lowest BCUT2D eigenvalue weighted by atomic mass is 10.0. The maximum absolute atomic E-state index is 12.6. The molecule has 0 amide bonds. The highest BCUT2D eigenvalue weighted by atomic mass is 35.5. The number of aryl methyl sites for hydroxylation is 1. The number of rotatable bonds is 4. The van der Waals surface area contributed by atoms with Crippen LogP contribution in [0.3, 0.4) is 0 Å². The van der Waals surface area contributed by atoms with Crippen LogP contribution < -0.4 is 15.2 Å². The molecular weight excluding hydrogens is 426 g/mol. The fourth-order valence-corrected chi connectivity index (χ4v) is 4.57. The van der Waals surface area contributed by atoms with Crippen LogP contribution in [-0.4, -0.2) is 46.7 Å². The van der Waals surface area contributed by atoms with Crippen molar-refractivity contribution in [2.24, 2.45) is 7.05 Å². The number of pyridine rings is 2. The summed E-state index contributed by atoms with van der Waals surface area (Å²) in [7, 11) is 3.36. The Balaban J connectivity index is 1.64. The minimum absolute atomic E-state index is 0.0860. The SMILES string of the molecule is [C-]#[N+]c1ccc2c(n1)c(N1C[C@@H](C)N(Cc3ccc(OC)cc3Cl)C[C@@H]1C)cc(=O)n2C. The van der Waals surface area contributed by atoms with Gasteiger partial charge >= 0.3 is 0 Å². The zero-order valence-electron chi connectivity index (χ0n) is 18.7. The van der Waals surface area contributed by atoms with Gasteiger partial charge in [-0.3, -0.25) is 9.69 Å². The Morgan fingerprint density at radius 3 is 2.66 bits per heavy atom. The van der Waals surface area contributed by atoms with E-state index in [1.165, 1.54) is 0 Å². The molecule has 0 radical (unpaired) electrons. The van der Waals surface area contributed by atoms with Gasteiger partial charge in [0.2, 0.25) is 5.52 Å². The van der Waals surface area contributed by atoms with Crippen LogP contribution in [0.1, 0.15) is 19.4 Å². The van der Waals surface area contributed by atoms with E-state index < -0.39 is 0 Å². The Hall–Kier alpha value is -3.08. The molecule has 7 nitrogen and oxygen atoms in total. The molecule has 166 valence electrons. The fourth-order valence-electron chi connectivity index (χ4n) is 4.34. The zero-order valence-corrected chi connectivity index (χ0v) is 19.4. The third kappa shape index (κ3) is 4.04. The summed E-state index contributed by atoms with van der Waals surface area (Å²) in [6.07, 6.45) is 0. The van der Waals surface area contributed by atoms with E-state index in [0.29, 0.717) is 16.4 Å². The summed E-state index contributed by atoms with van der Waals surface area (Å²) < 4.78 is 6.83. The summed E-state index contributed by atoms with van der Waals surface area (Å²) in [4.78, 5) is 25.3. The Kier molecular flexibility index (Phi) is 6.09. The van der Waals surface area contributed by atoms with Gasteiger partial charge in [0.15, 0.2) is 0 Å². The number of halogens is 1. The molecule has 2 atom stereocenters. The number of methoxy groups -OCH3 is 1. The Morgan fingerprint density at radius 1 is 1.19 bits per heavy atom. The second kappa shape index (κ2) is 8.81. The molecule has 4 rings (SSSR count). The second-order valence-electron chi connectivity index (χ2n) is 8.31. The van der Waals surface area contributed by atoms with Gasteiger partial charge < -0.3 is 19.0 Å². The first kappa shape index (κ1) is 22.1. The highest BCUT2D eigenvalue weighted by molar-refractivity contribution is 6.31. The number of aromatic nitrogens is 2. The van der Waals surface area contributed by atoms with Gasteiger partial charge in [0.1, 0.15) is 5.75 Å². The molecule has 3 heterocycles. The van der Waals surface area contributed by atoms with E-state index in [1.54, 1.807) is 36.9 Å². The molecule has 0 N–H and O–H groups in total. The smallest absolute Gasteiger partial charge is 0.270 e. The number of fused-ring (bicyclic) bond motifs is 1. The summed E-state index contributed by atoms with van der Waals surface area (Å²) in [5.41, 5.74) is 3.17. The number of benzene rings is 1. The van der Waals surface area contributed by atoms with E-state index in [2.05, 4.69) is 33.5 Å². The quantitative estimate of drug-likeness (QED) is 0.555. The minimum atomic E-state index is -0.0860. The molecule has 0 saturated carbocycles. The van der Waals surface area contributed by atoms with Crippen molar-refractivity contribution in [2.45, 2.75) is 32.5 Å². The van der Waals surface area contributed by atoms with Crippen LogP contribution in [0.15, 0.2) is 41.2 Å². The molecule has 0 unspecified atom stereocenters. The van der Waals surface area contributed by atoms with Crippen molar-refractivity contribution in [3.8, 4) is 5.75 Å². The molecule has 32 heavy (non-hydrogen) atoms. The van der Waals surface area contributed by atoms with Crippen molar-refractivity contribution in [1.29, 1.82) is 0 Å². The van der Waals surface area contributed by atoms with E-state index >= 15 is 0 Å². The standard InChI is InChI=1S/C24H26ClN5O2/c1-15-13-30(16(2)12-29(15)14-17-6-7-18(32-5)10-19(17)25)21-11-23(31)28(4)20-8-9-22(26-3)27-24(20)21/h6-11,15-16H,12-14H2,1-2,4-5H3/t15-,16+/m1/s1. The molecule has 0 spiro atoms. The average Bonchev–Trinajstić information content (AvgIpc) is 2.79. The lowest BCUT2D eigenvalue weighted by Gasteiger charge is -2.45. The summed E-state index contributed by atoms with van der Waals surface area (Å²) in [5, 5.41) is 0.694. The number of piperazine rings is 1. The third-order valence-corrected chi connectivity index (χ3v) is 6.58. The topological polar surface area (TPSA) is 55.0 Å². The zero-order chi connectivity index (χ0) is 23.0. The van der Waals surface area contributed by atoms with Crippen molar-refractivity contribution in [1.82, 2.24) is 14.5 Å². The van der Waals surface area contributed by atoms with Crippen LogP contribution in [-0.2, 0) is 13.6 Å². The predicted molar refractivity (Wildman–Crippen MR) is 128 cm³/mol. The van der Waals surface area contributed by atoms with Gasteiger partial charge in [-0.1, -0.05) is 24.2 Å². The van der Waals surface area contributed by atoms with Crippen LogP contribution >= 0.6 is 11.6 Å². The molecule has 1 aliphatic heterocycles. The first-order valence-electron chi connectivity index (χ1n) is 10.5. The van der Waals surface area contributed by atoms with Crippen LogP contribution in [0.2, 0.25) is 5.02 Å². The number of ether oxygens (including phenoxy) is 1. The summed E-state index contributed by atoms with van der Waals surface area (Å²) >= 11 is 6.48. The fraction of sp³-hybridized carbons (Fsp3) is 0.375. The van der Waals surface area contributed by atoms with Crippen molar-refractivity contribution < 1.29 is 4.74 Å². The second-order valence-corrected chi connectivity index (χ2v) is 8.72. The van der Waals surface area contributed by atoms with E-state index in [0.717, 1.165) is 42.2 Å². The molecule has 0 aliphatic carbocycles. The first-order chi connectivity index (χ1) is 15.3. The first-order valence-corrected chi connectivity index (χ1v) is 10.9. The number of nitrogens with zero attached hydrogens (tertiary/aromatic N) is 5. The molecule has 3 aromatic rings. The normalized spacial score (nSPS) is 19.2. The predicted octanol–water partition coefficient (Wildman–Crippen LogP) is 4.25. The molecular formula is C24H26ClN5O2. The van der Waals surface area contributed by atoms with Crippen LogP contribution in [0.25, 0.3) is 15.9 Å². The van der Waals surface area contributed by atoms with E-state index in [1.807, 2.05) is 18.2 Å². The highest BCUT2D eigenvalue weighted by Crippen LogP contribution is 2.31. The molecule has 1 aliphatic rings. The number of hydrogen-bond acceptors (Lipinski definition) is 5. The minimum Gasteiger partial charge on any atom is -0.497 e. The largest absolute Gasteiger partial charge is 0.497 e. The summed E-state index contributed by atoms with van der Waals surface area (Å²) in [6.45, 7) is 13.9. The average molecular weight is 452 g/mol.